The molecule has 164 valence electrons. The SMILES string of the molecule is CN(C)C(=NC1=CC(N=C(N(C)C)N(C)C)=C(N=C(N(C)C)N(C)C)C1)N(C)C. The van der Waals surface area contributed by atoms with Gasteiger partial charge in [0.1, 0.15) is 0 Å². The van der Waals surface area contributed by atoms with E-state index < -0.39 is 0 Å². The largest absolute Gasteiger partial charge is 0.349 e. The number of hydrogen-bond acceptors (Lipinski definition) is 3. The van der Waals surface area contributed by atoms with E-state index >= 15 is 0 Å². The van der Waals surface area contributed by atoms with Gasteiger partial charge < -0.3 is 29.4 Å². The Morgan fingerprint density at radius 2 is 0.897 bits per heavy atom. The fraction of sp³-hybridized carbons (Fsp3) is 0.650. The number of nitrogens with zero attached hydrogens (tertiary/aromatic N) is 9. The van der Waals surface area contributed by atoms with Gasteiger partial charge in [0.15, 0.2) is 5.96 Å². The molecule has 0 aromatic rings. The van der Waals surface area contributed by atoms with Crippen LogP contribution in [0, 0.1) is 0 Å². The molecule has 0 N–H and O–H groups in total. The van der Waals surface area contributed by atoms with E-state index in [2.05, 4.69) is 0 Å². The van der Waals surface area contributed by atoms with E-state index in [0.29, 0.717) is 6.42 Å². The molecule has 0 aliphatic heterocycles. The molecule has 0 aromatic heterocycles. The lowest BCUT2D eigenvalue weighted by atomic mass is 10.3. The third-order valence-corrected chi connectivity index (χ3v) is 4.05. The lowest BCUT2D eigenvalue weighted by Crippen LogP contribution is -2.36. The van der Waals surface area contributed by atoms with E-state index in [4.69, 9.17) is 15.0 Å². The molecule has 0 aromatic carbocycles. The molecule has 9 heteroatoms. The molecule has 0 bridgehead atoms. The average molecular weight is 406 g/mol. The van der Waals surface area contributed by atoms with Gasteiger partial charge in [-0.05, 0) is 6.08 Å². The molecule has 0 heterocycles. The Bertz CT molecular complexity index is 690. The molecule has 0 radical (unpaired) electrons. The van der Waals surface area contributed by atoms with Gasteiger partial charge in [0, 0.05) is 91.0 Å². The third-order valence-electron chi connectivity index (χ3n) is 4.05. The Morgan fingerprint density at radius 3 is 1.28 bits per heavy atom. The molecule has 0 saturated carbocycles. The molecule has 1 rings (SSSR count). The highest BCUT2D eigenvalue weighted by atomic mass is 15.4. The molecule has 9 nitrogen and oxygen atoms in total. The van der Waals surface area contributed by atoms with Gasteiger partial charge in [-0.15, -0.1) is 0 Å². The quantitative estimate of drug-likeness (QED) is 0.514. The van der Waals surface area contributed by atoms with Gasteiger partial charge in [-0.25, -0.2) is 15.0 Å². The second-order valence-corrected chi connectivity index (χ2v) is 8.25. The first kappa shape index (κ1) is 24.3. The highest BCUT2D eigenvalue weighted by molar-refractivity contribution is 5.83. The second-order valence-electron chi connectivity index (χ2n) is 8.25. The fourth-order valence-electron chi connectivity index (χ4n) is 2.98. The van der Waals surface area contributed by atoms with E-state index in [1.165, 1.54) is 0 Å². The Kier molecular flexibility index (Phi) is 8.54. The zero-order valence-corrected chi connectivity index (χ0v) is 20.3. The summed E-state index contributed by atoms with van der Waals surface area (Å²) >= 11 is 0. The monoisotopic (exact) mass is 405 g/mol. The van der Waals surface area contributed by atoms with Gasteiger partial charge in [0.25, 0.3) is 0 Å². The van der Waals surface area contributed by atoms with Gasteiger partial charge in [-0.2, -0.15) is 0 Å². The van der Waals surface area contributed by atoms with E-state index in [9.17, 15) is 0 Å². The predicted molar refractivity (Wildman–Crippen MR) is 124 cm³/mol. The molecular weight excluding hydrogens is 366 g/mol. The number of aliphatic imine (C=N–C) groups is 3. The van der Waals surface area contributed by atoms with Gasteiger partial charge in [0.2, 0.25) is 11.9 Å². The van der Waals surface area contributed by atoms with Crippen LogP contribution in [-0.2, 0) is 0 Å². The molecule has 1 aliphatic carbocycles. The number of allylic oxidation sites excluding steroid dienone is 1. The summed E-state index contributed by atoms with van der Waals surface area (Å²) < 4.78 is 0. The van der Waals surface area contributed by atoms with Crippen LogP contribution in [0.15, 0.2) is 38.1 Å². The lowest BCUT2D eigenvalue weighted by Gasteiger charge is -2.24. The first-order valence-corrected chi connectivity index (χ1v) is 9.58. The van der Waals surface area contributed by atoms with E-state index in [1.807, 2.05) is 120 Å². The zero-order chi connectivity index (χ0) is 22.5. The maximum Gasteiger partial charge on any atom is 0.200 e. The lowest BCUT2D eigenvalue weighted by molar-refractivity contribution is 0.480. The number of guanidine groups is 3. The molecule has 0 amide bonds. The summed E-state index contributed by atoms with van der Waals surface area (Å²) in [6.07, 6.45) is 2.66. The van der Waals surface area contributed by atoms with Crippen molar-refractivity contribution >= 4 is 17.9 Å². The summed E-state index contributed by atoms with van der Waals surface area (Å²) in [6.45, 7) is 0. The van der Waals surface area contributed by atoms with Crippen LogP contribution in [-0.4, -0.2) is 132 Å². The third kappa shape index (κ3) is 6.69. The summed E-state index contributed by atoms with van der Waals surface area (Å²) in [5, 5.41) is 0. The van der Waals surface area contributed by atoms with Crippen LogP contribution in [0.5, 0.6) is 0 Å². The zero-order valence-electron chi connectivity index (χ0n) is 20.3. The van der Waals surface area contributed by atoms with Crippen LogP contribution >= 0.6 is 0 Å². The Morgan fingerprint density at radius 1 is 0.552 bits per heavy atom. The minimum Gasteiger partial charge on any atom is -0.349 e. The van der Waals surface area contributed by atoms with Crippen LogP contribution in [0.2, 0.25) is 0 Å². The standard InChI is InChI=1S/C20H39N9/c1-24(2)18(25(3)4)21-15-13-16(22-19(26(5)6)27(7)8)17(14-15)23-20(28(9)10)29(11)12/h13H,14H2,1-12H3. The average Bonchev–Trinajstić information content (AvgIpc) is 2.95. The molecule has 0 fully saturated rings. The van der Waals surface area contributed by atoms with E-state index in [0.717, 1.165) is 35.0 Å². The summed E-state index contributed by atoms with van der Waals surface area (Å²) in [5.74, 6) is 2.60. The first-order valence-electron chi connectivity index (χ1n) is 9.58. The topological polar surface area (TPSA) is 56.5 Å². The molecular formula is C20H39N9. The molecule has 1 aliphatic rings. The smallest absolute Gasteiger partial charge is 0.200 e. The fourth-order valence-corrected chi connectivity index (χ4v) is 2.98. The summed E-state index contributed by atoms with van der Waals surface area (Å²) in [4.78, 5) is 26.7. The first-order chi connectivity index (χ1) is 13.3. The molecule has 0 saturated heterocycles. The molecule has 0 atom stereocenters. The highest BCUT2D eigenvalue weighted by Crippen LogP contribution is 2.29. The molecule has 0 spiro atoms. The summed E-state index contributed by atoms with van der Waals surface area (Å²) in [6, 6.07) is 0. The van der Waals surface area contributed by atoms with Crippen molar-refractivity contribution in [1.82, 2.24) is 29.4 Å². The summed E-state index contributed by atoms with van der Waals surface area (Å²) in [5.41, 5.74) is 2.67. The highest BCUT2D eigenvalue weighted by Gasteiger charge is 2.20. The Balaban J connectivity index is 3.54. The van der Waals surface area contributed by atoms with Gasteiger partial charge in [0.05, 0.1) is 17.1 Å². The van der Waals surface area contributed by atoms with Crippen LogP contribution in [0.4, 0.5) is 0 Å². The van der Waals surface area contributed by atoms with Crippen LogP contribution < -0.4 is 0 Å². The minimum atomic E-state index is 0.628. The van der Waals surface area contributed by atoms with Crippen molar-refractivity contribution in [2.75, 3.05) is 84.6 Å². The van der Waals surface area contributed by atoms with Crippen molar-refractivity contribution in [2.45, 2.75) is 6.42 Å². The van der Waals surface area contributed by atoms with Crippen LogP contribution in [0.3, 0.4) is 0 Å². The van der Waals surface area contributed by atoms with Crippen molar-refractivity contribution in [3.8, 4) is 0 Å². The minimum absolute atomic E-state index is 0.628. The molecule has 29 heavy (non-hydrogen) atoms. The maximum absolute atomic E-state index is 4.93. The Labute approximate surface area is 177 Å². The van der Waals surface area contributed by atoms with E-state index in [1.54, 1.807) is 0 Å². The predicted octanol–water partition coefficient (Wildman–Crippen LogP) is 0.923. The van der Waals surface area contributed by atoms with Gasteiger partial charge >= 0.3 is 0 Å². The van der Waals surface area contributed by atoms with Crippen molar-refractivity contribution in [1.29, 1.82) is 0 Å². The number of rotatable bonds is 3. The van der Waals surface area contributed by atoms with Crippen molar-refractivity contribution in [2.24, 2.45) is 15.0 Å². The number of hydrogen-bond donors (Lipinski definition) is 0. The summed E-state index contributed by atoms with van der Waals surface area (Å²) in [7, 11) is 23.9. The van der Waals surface area contributed by atoms with Crippen molar-refractivity contribution in [3.63, 3.8) is 0 Å². The maximum atomic E-state index is 4.93. The normalized spacial score (nSPS) is 12.8. The van der Waals surface area contributed by atoms with Gasteiger partial charge in [-0.1, -0.05) is 0 Å². The van der Waals surface area contributed by atoms with E-state index in [-0.39, 0.29) is 0 Å². The van der Waals surface area contributed by atoms with Gasteiger partial charge in [-0.3, -0.25) is 0 Å². The van der Waals surface area contributed by atoms with Crippen LogP contribution in [0.1, 0.15) is 6.42 Å². The second kappa shape index (κ2) is 10.2. The molecule has 0 unspecified atom stereocenters. The van der Waals surface area contributed by atoms with Crippen molar-refractivity contribution in [3.05, 3.63) is 23.2 Å². The van der Waals surface area contributed by atoms with Crippen LogP contribution in [0.25, 0.3) is 0 Å². The Hall–Kier alpha value is -2.71. The van der Waals surface area contributed by atoms with Crippen molar-refractivity contribution < 1.29 is 0 Å².